The van der Waals surface area contributed by atoms with Gasteiger partial charge in [0.05, 0.1) is 12.3 Å². The molecule has 0 saturated heterocycles. The summed E-state index contributed by atoms with van der Waals surface area (Å²) in [5.41, 5.74) is 0.635. The molecule has 1 saturated carbocycles. The molecule has 1 amide bonds. The van der Waals surface area contributed by atoms with Crippen LogP contribution in [0, 0.1) is 0 Å². The largest absolute Gasteiger partial charge is 0.519 e. The predicted molar refractivity (Wildman–Crippen MR) is 105 cm³/mol. The number of amides is 1. The van der Waals surface area contributed by atoms with E-state index in [0.717, 1.165) is 25.7 Å². The Kier molecular flexibility index (Phi) is 6.89. The van der Waals surface area contributed by atoms with E-state index in [4.69, 9.17) is 19.3 Å². The van der Waals surface area contributed by atoms with Crippen LogP contribution in [0.4, 0.5) is 9.59 Å². The number of nitrogens with one attached hydrogen (secondary N) is 1. The fourth-order valence-corrected chi connectivity index (χ4v) is 3.10. The molecule has 1 aromatic heterocycles. The average molecular weight is 400 g/mol. The van der Waals surface area contributed by atoms with E-state index in [-0.39, 0.29) is 24.3 Å². The number of ether oxygens (including phenoxy) is 3. The van der Waals surface area contributed by atoms with Crippen LogP contribution in [-0.2, 0) is 0 Å². The number of rotatable bonds is 7. The van der Waals surface area contributed by atoms with Gasteiger partial charge < -0.3 is 24.6 Å². The molecule has 0 radical (unpaired) electrons. The summed E-state index contributed by atoms with van der Waals surface area (Å²) in [5, 5.41) is 11.1. The lowest BCUT2D eigenvalue weighted by Gasteiger charge is -2.18. The van der Waals surface area contributed by atoms with Crippen LogP contribution in [-0.4, -0.2) is 35.0 Å². The third-order valence-corrected chi connectivity index (χ3v) is 4.65. The summed E-state index contributed by atoms with van der Waals surface area (Å²) in [5.74, 6) is 0.755. The lowest BCUT2D eigenvalue weighted by Crippen LogP contribution is -2.26. The highest BCUT2D eigenvalue weighted by molar-refractivity contribution is 5.68. The predicted octanol–water partition coefficient (Wildman–Crippen LogP) is 4.35. The zero-order valence-corrected chi connectivity index (χ0v) is 16.2. The molecule has 2 N–H and O–H groups in total. The first-order valence-electron chi connectivity index (χ1n) is 9.59. The van der Waals surface area contributed by atoms with Crippen LogP contribution in [0.5, 0.6) is 17.2 Å². The van der Waals surface area contributed by atoms with E-state index in [1.165, 1.54) is 6.20 Å². The number of nitrogens with zero attached hydrogens (tertiary/aromatic N) is 1. The van der Waals surface area contributed by atoms with Gasteiger partial charge in [0, 0.05) is 24.2 Å². The minimum absolute atomic E-state index is 0.0465. The molecule has 1 unspecified atom stereocenters. The molecule has 154 valence electrons. The van der Waals surface area contributed by atoms with Gasteiger partial charge in [-0.3, -0.25) is 4.98 Å². The van der Waals surface area contributed by atoms with Crippen LogP contribution in [0.1, 0.15) is 44.2 Å². The number of carbonyl (C=O) groups is 2. The van der Waals surface area contributed by atoms with Crippen molar-refractivity contribution in [1.82, 2.24) is 10.3 Å². The normalized spacial score (nSPS) is 14.8. The van der Waals surface area contributed by atoms with E-state index in [2.05, 4.69) is 10.3 Å². The highest BCUT2D eigenvalue weighted by Gasteiger charge is 2.22. The quantitative estimate of drug-likeness (QED) is 0.525. The number of hydrogen-bond donors (Lipinski definition) is 2. The van der Waals surface area contributed by atoms with Gasteiger partial charge in [0.15, 0.2) is 11.5 Å². The van der Waals surface area contributed by atoms with Gasteiger partial charge in [0.25, 0.3) is 0 Å². The van der Waals surface area contributed by atoms with E-state index in [0.29, 0.717) is 17.2 Å². The number of pyridine rings is 1. The van der Waals surface area contributed by atoms with Crippen molar-refractivity contribution in [1.29, 1.82) is 0 Å². The summed E-state index contributed by atoms with van der Waals surface area (Å²) in [4.78, 5) is 27.2. The van der Waals surface area contributed by atoms with E-state index < -0.39 is 12.2 Å². The molecule has 0 bridgehead atoms. The molecule has 1 heterocycles. The smallest absolute Gasteiger partial charge is 0.486 e. The minimum Gasteiger partial charge on any atom is -0.486 e. The Morgan fingerprint density at radius 3 is 2.59 bits per heavy atom. The first kappa shape index (κ1) is 20.4. The zero-order chi connectivity index (χ0) is 20.6. The Morgan fingerprint density at radius 2 is 1.90 bits per heavy atom. The molecule has 1 aromatic carbocycles. The van der Waals surface area contributed by atoms with Crippen molar-refractivity contribution in [3.05, 3.63) is 48.3 Å². The molecule has 2 aromatic rings. The van der Waals surface area contributed by atoms with Crippen molar-refractivity contribution in [3.63, 3.8) is 0 Å². The lowest BCUT2D eigenvalue weighted by atomic mass is 10.1. The van der Waals surface area contributed by atoms with Crippen LogP contribution in [0.25, 0.3) is 0 Å². The van der Waals surface area contributed by atoms with Gasteiger partial charge in [-0.05, 0) is 37.8 Å². The van der Waals surface area contributed by atoms with Crippen molar-refractivity contribution in [2.75, 3.05) is 6.54 Å². The van der Waals surface area contributed by atoms with Crippen molar-refractivity contribution >= 4 is 12.2 Å². The molecule has 8 heteroatoms. The van der Waals surface area contributed by atoms with Gasteiger partial charge >= 0.3 is 12.2 Å². The molecule has 1 aliphatic carbocycles. The zero-order valence-electron chi connectivity index (χ0n) is 16.2. The number of benzene rings is 1. The summed E-state index contributed by atoms with van der Waals surface area (Å²) in [6.45, 7) is 2.06. The number of carbonyl (C=O) groups excluding carboxylic acids is 1. The van der Waals surface area contributed by atoms with Gasteiger partial charge in [-0.25, -0.2) is 9.59 Å². The summed E-state index contributed by atoms with van der Waals surface area (Å²) in [6.07, 6.45) is 3.52. The fraction of sp³-hybridized carbons (Fsp3) is 0.381. The molecule has 8 nitrogen and oxygen atoms in total. The molecule has 3 rings (SSSR count). The number of carboxylic acid groups (broad SMARTS) is 1. The van der Waals surface area contributed by atoms with Gasteiger partial charge in [-0.15, -0.1) is 0 Å². The van der Waals surface area contributed by atoms with Crippen LogP contribution in [0.15, 0.2) is 42.6 Å². The topological polar surface area (TPSA) is 107 Å². The van der Waals surface area contributed by atoms with Crippen molar-refractivity contribution in [2.45, 2.75) is 44.6 Å². The monoisotopic (exact) mass is 400 g/mol. The van der Waals surface area contributed by atoms with Crippen molar-refractivity contribution < 1.29 is 28.9 Å². The molecule has 29 heavy (non-hydrogen) atoms. The third kappa shape index (κ3) is 6.10. The van der Waals surface area contributed by atoms with Gasteiger partial charge in [0.1, 0.15) is 5.75 Å². The Labute approximate surface area is 168 Å². The maximum absolute atomic E-state index is 12.2. The SMILES string of the molecule is CC(CNC(=O)O)c1cc(OC2CCCC2)c(OC(=O)Oc2ccccc2)cn1. The molecule has 0 aliphatic heterocycles. The van der Waals surface area contributed by atoms with E-state index in [9.17, 15) is 9.59 Å². The molecular formula is C21H24N2O6. The van der Waals surface area contributed by atoms with Crippen LogP contribution in [0.3, 0.4) is 0 Å². The Hall–Kier alpha value is -3.29. The minimum atomic E-state index is -1.09. The van der Waals surface area contributed by atoms with E-state index in [1.807, 2.05) is 13.0 Å². The van der Waals surface area contributed by atoms with Gasteiger partial charge in [-0.1, -0.05) is 25.1 Å². The molecule has 0 spiro atoms. The summed E-state index contributed by atoms with van der Waals surface area (Å²) < 4.78 is 16.6. The summed E-state index contributed by atoms with van der Waals surface area (Å²) in [7, 11) is 0. The van der Waals surface area contributed by atoms with Crippen molar-refractivity contribution in [3.8, 4) is 17.2 Å². The van der Waals surface area contributed by atoms with E-state index in [1.54, 1.807) is 30.3 Å². The van der Waals surface area contributed by atoms with Gasteiger partial charge in [0.2, 0.25) is 0 Å². The first-order chi connectivity index (χ1) is 14.0. The summed E-state index contributed by atoms with van der Waals surface area (Å²) in [6, 6.07) is 10.3. The highest BCUT2D eigenvalue weighted by atomic mass is 16.7. The number of aromatic nitrogens is 1. The standard InChI is InChI=1S/C21H24N2O6/c1-14(12-23-20(24)25)17-11-18(27-15-9-5-6-10-15)19(13-22-17)29-21(26)28-16-7-3-2-4-8-16/h2-4,7-8,11,13-15,23H,5-6,9-10,12H2,1H3,(H,24,25). The Bertz CT molecular complexity index is 836. The Morgan fingerprint density at radius 1 is 1.17 bits per heavy atom. The third-order valence-electron chi connectivity index (χ3n) is 4.65. The second-order valence-electron chi connectivity index (χ2n) is 6.93. The maximum atomic E-state index is 12.2. The second-order valence-corrected chi connectivity index (χ2v) is 6.93. The molecule has 1 fully saturated rings. The van der Waals surface area contributed by atoms with Crippen molar-refractivity contribution in [2.24, 2.45) is 0 Å². The van der Waals surface area contributed by atoms with Crippen LogP contribution in [0.2, 0.25) is 0 Å². The fourth-order valence-electron chi connectivity index (χ4n) is 3.10. The molecular weight excluding hydrogens is 376 g/mol. The maximum Gasteiger partial charge on any atom is 0.519 e. The number of hydrogen-bond acceptors (Lipinski definition) is 6. The highest BCUT2D eigenvalue weighted by Crippen LogP contribution is 2.33. The van der Waals surface area contributed by atoms with Crippen LogP contribution < -0.4 is 19.5 Å². The van der Waals surface area contributed by atoms with Crippen LogP contribution >= 0.6 is 0 Å². The van der Waals surface area contributed by atoms with Gasteiger partial charge in [-0.2, -0.15) is 0 Å². The molecule has 1 atom stereocenters. The average Bonchev–Trinajstić information content (AvgIpc) is 3.21. The molecule has 1 aliphatic rings. The second kappa shape index (κ2) is 9.77. The summed E-state index contributed by atoms with van der Waals surface area (Å²) >= 11 is 0. The first-order valence-corrected chi connectivity index (χ1v) is 9.59. The van der Waals surface area contributed by atoms with E-state index >= 15 is 0 Å². The lowest BCUT2D eigenvalue weighted by molar-refractivity contribution is 0.145. The Balaban J connectivity index is 1.74. The number of para-hydroxylation sites is 1.